The van der Waals surface area contributed by atoms with Crippen LogP contribution in [0.1, 0.15) is 11.1 Å². The smallest absolute Gasteiger partial charge is 0.143 e. The topological polar surface area (TPSA) is 21.3 Å². The van der Waals surface area contributed by atoms with E-state index < -0.39 is 0 Å². The minimum atomic E-state index is 0.730. The molecule has 13 heavy (non-hydrogen) atoms. The number of rotatable bonds is 0. The first-order valence-corrected chi connectivity index (χ1v) is 4.74. The normalized spacial score (nSPS) is 14.4. The molecule has 0 saturated carbocycles. The van der Waals surface area contributed by atoms with Crippen LogP contribution in [0.4, 0.5) is 5.69 Å². The fraction of sp³-hybridized carbons (Fsp3) is 0.400. The van der Waals surface area contributed by atoms with Crippen molar-refractivity contribution in [1.29, 1.82) is 0 Å². The molecule has 0 bridgehead atoms. The van der Waals surface area contributed by atoms with Gasteiger partial charge in [0.2, 0.25) is 0 Å². The standard InChI is InChI=1S/C10H12ClNO/c1-6-5-8-10(7(2)9(6)11)12-3-4-13-8/h5,12H,3-4H2,1-2H3. The van der Waals surface area contributed by atoms with Crippen LogP contribution in [0.3, 0.4) is 0 Å². The minimum absolute atomic E-state index is 0.730. The van der Waals surface area contributed by atoms with E-state index in [9.17, 15) is 0 Å². The maximum Gasteiger partial charge on any atom is 0.143 e. The molecule has 2 nitrogen and oxygen atoms in total. The van der Waals surface area contributed by atoms with Crippen LogP contribution in [0.2, 0.25) is 5.02 Å². The van der Waals surface area contributed by atoms with Crippen LogP contribution < -0.4 is 10.1 Å². The quantitative estimate of drug-likeness (QED) is 0.691. The second kappa shape index (κ2) is 3.11. The number of hydrogen-bond acceptors (Lipinski definition) is 2. The Morgan fingerprint density at radius 3 is 3.00 bits per heavy atom. The van der Waals surface area contributed by atoms with E-state index >= 15 is 0 Å². The average molecular weight is 198 g/mol. The van der Waals surface area contributed by atoms with Crippen LogP contribution in [0, 0.1) is 13.8 Å². The zero-order valence-electron chi connectivity index (χ0n) is 7.78. The molecule has 1 aliphatic heterocycles. The minimum Gasteiger partial charge on any atom is -0.490 e. The maximum absolute atomic E-state index is 6.12. The van der Waals surface area contributed by atoms with Crippen LogP contribution in [0.25, 0.3) is 0 Å². The molecule has 1 aromatic carbocycles. The van der Waals surface area contributed by atoms with E-state index in [4.69, 9.17) is 16.3 Å². The molecule has 1 N–H and O–H groups in total. The summed E-state index contributed by atoms with van der Waals surface area (Å²) in [6.07, 6.45) is 0. The second-order valence-corrected chi connectivity index (χ2v) is 3.66. The lowest BCUT2D eigenvalue weighted by atomic mass is 10.1. The van der Waals surface area contributed by atoms with E-state index in [1.165, 1.54) is 0 Å². The van der Waals surface area contributed by atoms with Crippen molar-refractivity contribution in [3.63, 3.8) is 0 Å². The first-order valence-electron chi connectivity index (χ1n) is 4.36. The molecule has 0 radical (unpaired) electrons. The molecular weight excluding hydrogens is 186 g/mol. The molecule has 0 aromatic heterocycles. The van der Waals surface area contributed by atoms with Crippen molar-refractivity contribution in [2.75, 3.05) is 18.5 Å². The summed E-state index contributed by atoms with van der Waals surface area (Å²) in [5.74, 6) is 0.922. The molecule has 1 heterocycles. The molecule has 0 spiro atoms. The number of benzene rings is 1. The Labute approximate surface area is 82.9 Å². The van der Waals surface area contributed by atoms with Gasteiger partial charge < -0.3 is 10.1 Å². The fourth-order valence-electron chi connectivity index (χ4n) is 1.59. The van der Waals surface area contributed by atoms with Crippen molar-refractivity contribution in [2.45, 2.75) is 13.8 Å². The molecule has 0 aliphatic carbocycles. The Morgan fingerprint density at radius 1 is 1.46 bits per heavy atom. The van der Waals surface area contributed by atoms with Crippen molar-refractivity contribution < 1.29 is 4.74 Å². The van der Waals surface area contributed by atoms with Gasteiger partial charge >= 0.3 is 0 Å². The van der Waals surface area contributed by atoms with E-state index in [-0.39, 0.29) is 0 Å². The lowest BCUT2D eigenvalue weighted by molar-refractivity contribution is 0.323. The number of nitrogens with one attached hydrogen (secondary N) is 1. The van der Waals surface area contributed by atoms with Crippen molar-refractivity contribution in [1.82, 2.24) is 0 Å². The van der Waals surface area contributed by atoms with Gasteiger partial charge in [0.05, 0.1) is 5.69 Å². The second-order valence-electron chi connectivity index (χ2n) is 3.28. The average Bonchev–Trinajstić information content (AvgIpc) is 2.15. The van der Waals surface area contributed by atoms with Gasteiger partial charge in [-0.2, -0.15) is 0 Å². The molecule has 2 rings (SSSR count). The number of halogens is 1. The first kappa shape index (κ1) is 8.70. The monoisotopic (exact) mass is 197 g/mol. The first-order chi connectivity index (χ1) is 6.20. The third-order valence-electron chi connectivity index (χ3n) is 2.31. The van der Waals surface area contributed by atoms with Crippen molar-refractivity contribution >= 4 is 17.3 Å². The summed E-state index contributed by atoms with van der Waals surface area (Å²) in [7, 11) is 0. The molecule has 70 valence electrons. The van der Waals surface area contributed by atoms with Gasteiger partial charge in [0.15, 0.2) is 0 Å². The Bertz CT molecular complexity index is 349. The van der Waals surface area contributed by atoms with Gasteiger partial charge in [-0.15, -0.1) is 0 Å². The van der Waals surface area contributed by atoms with Gasteiger partial charge in [-0.3, -0.25) is 0 Å². The lowest BCUT2D eigenvalue weighted by Crippen LogP contribution is -2.19. The summed E-state index contributed by atoms with van der Waals surface area (Å²) in [5, 5.41) is 4.12. The summed E-state index contributed by atoms with van der Waals surface area (Å²) in [5.41, 5.74) is 3.19. The van der Waals surface area contributed by atoms with Gasteiger partial charge in [-0.05, 0) is 31.0 Å². The van der Waals surface area contributed by atoms with Crippen LogP contribution in [0.5, 0.6) is 5.75 Å². The van der Waals surface area contributed by atoms with Crippen molar-refractivity contribution in [3.8, 4) is 5.75 Å². The Balaban J connectivity index is 2.60. The summed E-state index contributed by atoms with van der Waals surface area (Å²) in [6, 6.07) is 1.98. The van der Waals surface area contributed by atoms with Gasteiger partial charge in [0.1, 0.15) is 12.4 Å². The third kappa shape index (κ3) is 1.35. The summed E-state index contributed by atoms with van der Waals surface area (Å²) in [6.45, 7) is 5.59. The molecule has 0 saturated heterocycles. The summed E-state index contributed by atoms with van der Waals surface area (Å²) < 4.78 is 5.52. The van der Waals surface area contributed by atoms with Crippen LogP contribution in [-0.4, -0.2) is 13.2 Å². The van der Waals surface area contributed by atoms with E-state index in [0.29, 0.717) is 0 Å². The molecule has 0 atom stereocenters. The zero-order valence-corrected chi connectivity index (χ0v) is 8.53. The Kier molecular flexibility index (Phi) is 2.08. The lowest BCUT2D eigenvalue weighted by Gasteiger charge is -2.22. The molecule has 1 aromatic rings. The van der Waals surface area contributed by atoms with Gasteiger partial charge in [0.25, 0.3) is 0 Å². The zero-order chi connectivity index (χ0) is 9.42. The Morgan fingerprint density at radius 2 is 2.23 bits per heavy atom. The highest BCUT2D eigenvalue weighted by atomic mass is 35.5. The van der Waals surface area contributed by atoms with Gasteiger partial charge in [-0.1, -0.05) is 11.6 Å². The van der Waals surface area contributed by atoms with Crippen molar-refractivity contribution in [2.24, 2.45) is 0 Å². The predicted molar refractivity (Wildman–Crippen MR) is 54.9 cm³/mol. The number of fused-ring (bicyclic) bond motifs is 1. The number of ether oxygens (including phenoxy) is 1. The van der Waals surface area contributed by atoms with Gasteiger partial charge in [-0.25, -0.2) is 0 Å². The Hall–Kier alpha value is -0.890. The highest BCUT2D eigenvalue weighted by Gasteiger charge is 2.15. The molecule has 0 unspecified atom stereocenters. The molecule has 0 fully saturated rings. The molecular formula is C10H12ClNO. The van der Waals surface area contributed by atoms with Gasteiger partial charge in [0, 0.05) is 11.6 Å². The molecule has 3 heteroatoms. The fourth-order valence-corrected chi connectivity index (χ4v) is 1.74. The van der Waals surface area contributed by atoms with E-state index in [0.717, 1.165) is 40.7 Å². The van der Waals surface area contributed by atoms with Crippen LogP contribution in [-0.2, 0) is 0 Å². The summed E-state index contributed by atoms with van der Waals surface area (Å²) >= 11 is 6.12. The SMILES string of the molecule is Cc1cc2c(c(C)c1Cl)NCCO2. The van der Waals surface area contributed by atoms with Crippen molar-refractivity contribution in [3.05, 3.63) is 22.2 Å². The number of anilines is 1. The highest BCUT2D eigenvalue weighted by Crippen LogP contribution is 2.37. The van der Waals surface area contributed by atoms with Crippen LogP contribution in [0.15, 0.2) is 6.07 Å². The maximum atomic E-state index is 6.12. The third-order valence-corrected chi connectivity index (χ3v) is 2.89. The number of aryl methyl sites for hydroxylation is 1. The van der Waals surface area contributed by atoms with E-state index in [1.54, 1.807) is 0 Å². The van der Waals surface area contributed by atoms with E-state index in [2.05, 4.69) is 5.32 Å². The number of hydrogen-bond donors (Lipinski definition) is 1. The largest absolute Gasteiger partial charge is 0.490 e. The van der Waals surface area contributed by atoms with E-state index in [1.807, 2.05) is 19.9 Å². The predicted octanol–water partition coefficient (Wildman–Crippen LogP) is 2.76. The highest BCUT2D eigenvalue weighted by molar-refractivity contribution is 6.32. The molecule has 1 aliphatic rings. The molecule has 0 amide bonds. The van der Waals surface area contributed by atoms with Crippen LogP contribution >= 0.6 is 11.6 Å². The summed E-state index contributed by atoms with van der Waals surface area (Å²) in [4.78, 5) is 0.